The van der Waals surface area contributed by atoms with Crippen molar-refractivity contribution < 1.29 is 16.9 Å². The van der Waals surface area contributed by atoms with E-state index in [1.807, 2.05) is 19.9 Å². The van der Waals surface area contributed by atoms with Crippen LogP contribution in [0.5, 0.6) is 0 Å². The van der Waals surface area contributed by atoms with Crippen LogP contribution in [0.15, 0.2) is 93.2 Å². The van der Waals surface area contributed by atoms with Crippen molar-refractivity contribution in [1.82, 2.24) is 0 Å². The van der Waals surface area contributed by atoms with Crippen molar-refractivity contribution >= 4 is 25.7 Å². The molecule has 3 aromatic carbocycles. The zero-order chi connectivity index (χ0) is 20.2. The van der Waals surface area contributed by atoms with E-state index in [9.17, 15) is 12.6 Å². The number of nitrogens with zero attached hydrogens (tertiary/aromatic N) is 1. The van der Waals surface area contributed by atoms with Crippen molar-refractivity contribution in [2.45, 2.75) is 23.6 Å². The number of benzene rings is 3. The van der Waals surface area contributed by atoms with Gasteiger partial charge in [-0.2, -0.15) is 8.42 Å². The van der Waals surface area contributed by atoms with Crippen molar-refractivity contribution in [1.29, 1.82) is 0 Å². The Bertz CT molecular complexity index is 1170. The molecule has 0 spiro atoms. The fourth-order valence-corrected chi connectivity index (χ4v) is 4.76. The van der Waals surface area contributed by atoms with Crippen LogP contribution in [0, 0.1) is 13.8 Å². The average Bonchev–Trinajstić information content (AvgIpc) is 2.68. The van der Waals surface area contributed by atoms with Gasteiger partial charge in [0, 0.05) is 5.69 Å². The molecular formula is C20H20N2O4S2. The Morgan fingerprint density at radius 3 is 1.75 bits per heavy atom. The molecule has 0 heterocycles. The highest BCUT2D eigenvalue weighted by Crippen LogP contribution is 2.21. The van der Waals surface area contributed by atoms with Gasteiger partial charge in [-0.15, -0.1) is 4.28 Å². The van der Waals surface area contributed by atoms with Crippen molar-refractivity contribution in [3.63, 3.8) is 0 Å². The molecule has 6 nitrogen and oxygen atoms in total. The van der Waals surface area contributed by atoms with Crippen LogP contribution >= 0.6 is 0 Å². The van der Waals surface area contributed by atoms with E-state index in [-0.39, 0.29) is 4.90 Å². The molecule has 28 heavy (non-hydrogen) atoms. The summed E-state index contributed by atoms with van der Waals surface area (Å²) in [6.45, 7) is 3.74. The largest absolute Gasteiger partial charge is 0.320 e. The van der Waals surface area contributed by atoms with Gasteiger partial charge in [-0.1, -0.05) is 53.6 Å². The van der Waals surface area contributed by atoms with Gasteiger partial charge in [-0.3, -0.25) is 4.72 Å². The molecule has 0 aliphatic rings. The molecule has 3 rings (SSSR count). The van der Waals surface area contributed by atoms with E-state index in [1.165, 1.54) is 12.1 Å². The Morgan fingerprint density at radius 1 is 0.714 bits per heavy atom. The molecule has 146 valence electrons. The molecule has 1 N–H and O–H groups in total. The Morgan fingerprint density at radius 2 is 1.21 bits per heavy atom. The van der Waals surface area contributed by atoms with E-state index in [4.69, 9.17) is 4.28 Å². The Kier molecular flexibility index (Phi) is 5.83. The molecule has 0 fully saturated rings. The molecule has 0 aromatic heterocycles. The summed E-state index contributed by atoms with van der Waals surface area (Å²) in [6.07, 6.45) is 0. The summed E-state index contributed by atoms with van der Waals surface area (Å²) < 4.78 is 49.7. The van der Waals surface area contributed by atoms with Gasteiger partial charge in [0.15, 0.2) is 9.92 Å². The first kappa shape index (κ1) is 20.1. The summed E-state index contributed by atoms with van der Waals surface area (Å²) in [7, 11) is -7.62. The molecule has 0 amide bonds. The number of anilines is 1. The second kappa shape index (κ2) is 8.14. The molecule has 0 saturated heterocycles. The van der Waals surface area contributed by atoms with Crippen molar-refractivity contribution in [2.75, 3.05) is 4.72 Å². The minimum absolute atomic E-state index is 0.0628. The summed E-state index contributed by atoms with van der Waals surface area (Å²) in [6, 6.07) is 21.7. The second-order valence-electron chi connectivity index (χ2n) is 6.22. The summed E-state index contributed by atoms with van der Waals surface area (Å²) in [4.78, 5) is 0.244. The molecule has 1 unspecified atom stereocenters. The monoisotopic (exact) mass is 416 g/mol. The SMILES string of the molecule is Cc1ccc(S(=O)(=O)ON=S(=O)(Nc2ccccc2)c2ccc(C)cc2)cc1. The van der Waals surface area contributed by atoms with Gasteiger partial charge >= 0.3 is 10.1 Å². The minimum Gasteiger partial charge on any atom is -0.293 e. The standard InChI is InChI=1S/C20H20N2O4S2/c1-16-8-12-19(13-9-16)27(23,21-18-6-4-3-5-7-18)22-26-28(24,25)20-14-10-17(2)11-15-20/h3-15H,1-2H3,(H,21,22,23). The van der Waals surface area contributed by atoms with Crippen LogP contribution in [0.25, 0.3) is 0 Å². The van der Waals surface area contributed by atoms with Gasteiger partial charge in [0.05, 0.1) is 9.79 Å². The lowest BCUT2D eigenvalue weighted by atomic mass is 10.2. The van der Waals surface area contributed by atoms with Gasteiger partial charge in [0.25, 0.3) is 0 Å². The van der Waals surface area contributed by atoms with Gasteiger partial charge < -0.3 is 0 Å². The third-order valence-electron chi connectivity index (χ3n) is 3.91. The molecule has 0 aliphatic carbocycles. The maximum absolute atomic E-state index is 13.5. The van der Waals surface area contributed by atoms with Crippen LogP contribution in [0.3, 0.4) is 0 Å². The van der Waals surface area contributed by atoms with E-state index >= 15 is 0 Å². The zero-order valence-electron chi connectivity index (χ0n) is 15.4. The normalized spacial score (nSPS) is 13.5. The first-order chi connectivity index (χ1) is 13.3. The summed E-state index contributed by atoms with van der Waals surface area (Å²) >= 11 is 0. The summed E-state index contributed by atoms with van der Waals surface area (Å²) in [5, 5.41) is 0. The van der Waals surface area contributed by atoms with Gasteiger partial charge in [0.2, 0.25) is 0 Å². The Balaban J connectivity index is 2.01. The molecular weight excluding hydrogens is 396 g/mol. The van der Waals surface area contributed by atoms with E-state index in [1.54, 1.807) is 60.7 Å². The van der Waals surface area contributed by atoms with Crippen LogP contribution in [-0.4, -0.2) is 12.6 Å². The first-order valence-electron chi connectivity index (χ1n) is 8.45. The smallest absolute Gasteiger partial charge is 0.293 e. The third kappa shape index (κ3) is 4.78. The van der Waals surface area contributed by atoms with Crippen LogP contribution < -0.4 is 4.72 Å². The quantitative estimate of drug-likeness (QED) is 0.601. The lowest BCUT2D eigenvalue weighted by Crippen LogP contribution is -2.15. The molecule has 0 bridgehead atoms. The number of rotatable bonds is 6. The van der Waals surface area contributed by atoms with Gasteiger partial charge in [0.1, 0.15) is 0 Å². The van der Waals surface area contributed by atoms with Crippen molar-refractivity contribution in [2.24, 2.45) is 4.53 Å². The molecule has 3 aromatic rings. The molecule has 8 heteroatoms. The first-order valence-corrected chi connectivity index (χ1v) is 11.4. The maximum Gasteiger partial charge on any atom is 0.320 e. The van der Waals surface area contributed by atoms with Gasteiger partial charge in [-0.05, 0) is 54.8 Å². The number of hydrogen-bond acceptors (Lipinski definition) is 5. The lowest BCUT2D eigenvalue weighted by molar-refractivity contribution is 0.343. The zero-order valence-corrected chi connectivity index (χ0v) is 17.0. The van der Waals surface area contributed by atoms with E-state index in [2.05, 4.69) is 9.25 Å². The van der Waals surface area contributed by atoms with Crippen LogP contribution in [0.4, 0.5) is 5.69 Å². The topological polar surface area (TPSA) is 84.8 Å². The number of hydrogen-bond donors (Lipinski definition) is 1. The van der Waals surface area contributed by atoms with Crippen molar-refractivity contribution in [3.05, 3.63) is 90.0 Å². The van der Waals surface area contributed by atoms with Crippen molar-refractivity contribution in [3.8, 4) is 0 Å². The van der Waals surface area contributed by atoms with E-state index in [0.717, 1.165) is 11.1 Å². The minimum atomic E-state index is -4.20. The van der Waals surface area contributed by atoms with Gasteiger partial charge in [-0.25, -0.2) is 4.21 Å². The summed E-state index contributed by atoms with van der Waals surface area (Å²) in [5.74, 6) is 0. The average molecular weight is 417 g/mol. The predicted molar refractivity (Wildman–Crippen MR) is 110 cm³/mol. The lowest BCUT2D eigenvalue weighted by Gasteiger charge is -2.13. The number of para-hydroxylation sites is 1. The Hall–Kier alpha value is -2.68. The molecule has 0 radical (unpaired) electrons. The predicted octanol–water partition coefficient (Wildman–Crippen LogP) is 4.48. The maximum atomic E-state index is 13.5. The third-order valence-corrected chi connectivity index (χ3v) is 6.84. The second-order valence-corrected chi connectivity index (χ2v) is 9.63. The molecule has 0 aliphatic heterocycles. The van der Waals surface area contributed by atoms with Crippen LogP contribution in [0.2, 0.25) is 0 Å². The van der Waals surface area contributed by atoms with Crippen LogP contribution in [0.1, 0.15) is 11.1 Å². The highest BCUT2D eigenvalue weighted by molar-refractivity contribution is 7.95. The fourth-order valence-electron chi connectivity index (χ4n) is 2.34. The van der Waals surface area contributed by atoms with Crippen LogP contribution in [-0.2, 0) is 24.3 Å². The summed E-state index contributed by atoms with van der Waals surface area (Å²) in [5.41, 5.74) is 2.40. The van der Waals surface area contributed by atoms with E-state index < -0.39 is 20.0 Å². The number of nitrogens with one attached hydrogen (secondary N) is 1. The number of aryl methyl sites for hydroxylation is 2. The highest BCUT2D eigenvalue weighted by atomic mass is 32.2. The molecule has 1 atom stereocenters. The molecule has 0 saturated carbocycles. The highest BCUT2D eigenvalue weighted by Gasteiger charge is 2.20. The van der Waals surface area contributed by atoms with E-state index in [0.29, 0.717) is 10.6 Å². The Labute approximate surface area is 165 Å². The fraction of sp³-hybridized carbons (Fsp3) is 0.100.